The first-order chi connectivity index (χ1) is 7.79. The second-order valence-electron chi connectivity index (χ2n) is 5.45. The van der Waals surface area contributed by atoms with Gasteiger partial charge in [0, 0.05) is 16.3 Å². The van der Waals surface area contributed by atoms with Crippen LogP contribution >= 0.6 is 0 Å². The lowest BCUT2D eigenvalue weighted by Gasteiger charge is -2.14. The number of aromatic amines is 1. The Balaban J connectivity index is 2.60. The summed E-state index contributed by atoms with van der Waals surface area (Å²) in [7, 11) is 0. The molecule has 0 aliphatic heterocycles. The number of aryl methyl sites for hydroxylation is 1. The first kappa shape index (κ1) is 11.8. The molecule has 0 bridgehead atoms. The third kappa shape index (κ3) is 2.09. The second-order valence-corrected chi connectivity index (χ2v) is 5.45. The summed E-state index contributed by atoms with van der Waals surface area (Å²) in [4.78, 5) is 15.1. The van der Waals surface area contributed by atoms with Crippen molar-refractivity contribution in [3.05, 3.63) is 35.3 Å². The van der Waals surface area contributed by atoms with Gasteiger partial charge in [0.15, 0.2) is 5.78 Å². The minimum Gasteiger partial charge on any atom is -0.352 e. The van der Waals surface area contributed by atoms with Gasteiger partial charge in [-0.1, -0.05) is 20.8 Å². The third-order valence-corrected chi connectivity index (χ3v) is 2.84. The molecule has 0 saturated heterocycles. The maximum atomic E-state index is 13.2. The van der Waals surface area contributed by atoms with Crippen LogP contribution in [0.2, 0.25) is 0 Å². The Kier molecular flexibility index (Phi) is 2.57. The van der Waals surface area contributed by atoms with Gasteiger partial charge in [-0.15, -0.1) is 0 Å². The van der Waals surface area contributed by atoms with Crippen LogP contribution in [0.1, 0.15) is 36.8 Å². The second kappa shape index (κ2) is 3.69. The Bertz CT molecular complexity index is 590. The molecule has 0 atom stereocenters. The van der Waals surface area contributed by atoms with E-state index in [9.17, 15) is 9.18 Å². The summed E-state index contributed by atoms with van der Waals surface area (Å²) in [5.74, 6) is -0.250. The fourth-order valence-corrected chi connectivity index (χ4v) is 1.90. The molecule has 0 unspecified atom stereocenters. The van der Waals surface area contributed by atoms with E-state index in [-0.39, 0.29) is 11.6 Å². The van der Waals surface area contributed by atoms with Crippen molar-refractivity contribution in [2.75, 3.05) is 0 Å². The zero-order chi connectivity index (χ0) is 12.8. The molecule has 17 heavy (non-hydrogen) atoms. The molecule has 0 radical (unpaired) electrons. The number of hydrogen-bond acceptors (Lipinski definition) is 1. The zero-order valence-corrected chi connectivity index (χ0v) is 10.5. The molecule has 1 aromatic carbocycles. The molecule has 2 rings (SSSR count). The van der Waals surface area contributed by atoms with Crippen LogP contribution in [0.4, 0.5) is 4.39 Å². The van der Waals surface area contributed by atoms with Gasteiger partial charge in [-0.2, -0.15) is 0 Å². The standard InChI is InChI=1S/C14H16FNO/c1-8-5-9(15)6-11-10(8)7-12(16-11)13(17)14(2,3)4/h5-7,16H,1-4H3. The van der Waals surface area contributed by atoms with Gasteiger partial charge in [0.1, 0.15) is 5.82 Å². The van der Waals surface area contributed by atoms with E-state index in [1.807, 2.05) is 27.7 Å². The van der Waals surface area contributed by atoms with E-state index in [4.69, 9.17) is 0 Å². The number of carbonyl (C=O) groups is 1. The van der Waals surface area contributed by atoms with Crippen molar-refractivity contribution in [3.8, 4) is 0 Å². The lowest BCUT2D eigenvalue weighted by atomic mass is 9.89. The molecular weight excluding hydrogens is 217 g/mol. The summed E-state index contributed by atoms with van der Waals surface area (Å²) < 4.78 is 13.2. The predicted octanol–water partition coefficient (Wildman–Crippen LogP) is 3.84. The Morgan fingerprint density at radius 2 is 1.88 bits per heavy atom. The first-order valence-corrected chi connectivity index (χ1v) is 5.63. The highest BCUT2D eigenvalue weighted by atomic mass is 19.1. The Morgan fingerprint density at radius 3 is 2.47 bits per heavy atom. The van der Waals surface area contributed by atoms with E-state index in [1.165, 1.54) is 12.1 Å². The highest BCUT2D eigenvalue weighted by Gasteiger charge is 2.24. The molecule has 3 heteroatoms. The van der Waals surface area contributed by atoms with Gasteiger partial charge in [-0.05, 0) is 30.7 Å². The largest absolute Gasteiger partial charge is 0.352 e. The van der Waals surface area contributed by atoms with Crippen molar-refractivity contribution in [2.45, 2.75) is 27.7 Å². The molecule has 0 amide bonds. The van der Waals surface area contributed by atoms with E-state index >= 15 is 0 Å². The smallest absolute Gasteiger partial charge is 0.184 e. The minimum atomic E-state index is -0.437. The SMILES string of the molecule is Cc1cc(F)cc2[nH]c(C(=O)C(C)(C)C)cc12. The van der Waals surface area contributed by atoms with Gasteiger partial charge < -0.3 is 4.98 Å². The molecule has 0 aliphatic rings. The van der Waals surface area contributed by atoms with Crippen LogP contribution in [0.3, 0.4) is 0 Å². The molecule has 0 aliphatic carbocycles. The number of nitrogens with one attached hydrogen (secondary N) is 1. The molecule has 90 valence electrons. The van der Waals surface area contributed by atoms with E-state index < -0.39 is 5.41 Å². The average molecular weight is 233 g/mol. The van der Waals surface area contributed by atoms with Crippen molar-refractivity contribution in [3.63, 3.8) is 0 Å². The van der Waals surface area contributed by atoms with Crippen molar-refractivity contribution >= 4 is 16.7 Å². The highest BCUT2D eigenvalue weighted by Crippen LogP contribution is 2.25. The topological polar surface area (TPSA) is 32.9 Å². The number of hydrogen-bond donors (Lipinski definition) is 1. The maximum absolute atomic E-state index is 13.2. The van der Waals surface area contributed by atoms with E-state index in [2.05, 4.69) is 4.98 Å². The van der Waals surface area contributed by atoms with Crippen molar-refractivity contribution < 1.29 is 9.18 Å². The Hall–Kier alpha value is -1.64. The van der Waals surface area contributed by atoms with Gasteiger partial charge >= 0.3 is 0 Å². The van der Waals surface area contributed by atoms with Crippen molar-refractivity contribution in [1.29, 1.82) is 0 Å². The predicted molar refractivity (Wildman–Crippen MR) is 66.8 cm³/mol. The fraction of sp³-hybridized carbons (Fsp3) is 0.357. The van der Waals surface area contributed by atoms with E-state index in [1.54, 1.807) is 6.07 Å². The summed E-state index contributed by atoms with van der Waals surface area (Å²) in [6.45, 7) is 7.45. The molecule has 1 aromatic heterocycles. The molecule has 2 aromatic rings. The number of halogens is 1. The first-order valence-electron chi connectivity index (χ1n) is 5.63. The van der Waals surface area contributed by atoms with Crippen LogP contribution < -0.4 is 0 Å². The Labute approximate surface area is 99.8 Å². The van der Waals surface area contributed by atoms with Crippen molar-refractivity contribution in [1.82, 2.24) is 4.98 Å². The normalized spacial score (nSPS) is 12.1. The highest BCUT2D eigenvalue weighted by molar-refractivity contribution is 6.02. The third-order valence-electron chi connectivity index (χ3n) is 2.84. The number of carbonyl (C=O) groups excluding carboxylic acids is 1. The van der Waals surface area contributed by atoms with Crippen molar-refractivity contribution in [2.24, 2.45) is 5.41 Å². The summed E-state index contributed by atoms with van der Waals surface area (Å²) in [5, 5.41) is 0.902. The summed E-state index contributed by atoms with van der Waals surface area (Å²) in [6.07, 6.45) is 0. The monoisotopic (exact) mass is 233 g/mol. The lowest BCUT2D eigenvalue weighted by molar-refractivity contribution is 0.0854. The number of aromatic nitrogens is 1. The van der Waals surface area contributed by atoms with Crippen LogP contribution in [0.15, 0.2) is 18.2 Å². The molecule has 1 heterocycles. The maximum Gasteiger partial charge on any atom is 0.184 e. The fourth-order valence-electron chi connectivity index (χ4n) is 1.90. The summed E-state index contributed by atoms with van der Waals surface area (Å²) in [5.41, 5.74) is 1.62. The number of benzene rings is 1. The van der Waals surface area contributed by atoms with Crippen LogP contribution in [-0.2, 0) is 0 Å². The zero-order valence-electron chi connectivity index (χ0n) is 10.5. The number of rotatable bonds is 1. The number of fused-ring (bicyclic) bond motifs is 1. The average Bonchev–Trinajstić information content (AvgIpc) is 2.58. The van der Waals surface area contributed by atoms with Gasteiger partial charge in [-0.25, -0.2) is 4.39 Å². The Morgan fingerprint density at radius 1 is 1.24 bits per heavy atom. The van der Waals surface area contributed by atoms with Gasteiger partial charge in [-0.3, -0.25) is 4.79 Å². The van der Waals surface area contributed by atoms with Crippen LogP contribution in [0, 0.1) is 18.2 Å². The molecule has 2 nitrogen and oxygen atoms in total. The van der Waals surface area contributed by atoms with E-state index in [0.29, 0.717) is 11.2 Å². The number of Topliss-reactive ketones (excluding diaryl/α,β-unsaturated/α-hetero) is 1. The van der Waals surface area contributed by atoms with Gasteiger partial charge in [0.2, 0.25) is 0 Å². The molecule has 0 spiro atoms. The number of ketones is 1. The molecule has 0 fully saturated rings. The van der Waals surface area contributed by atoms with Crippen LogP contribution in [0.5, 0.6) is 0 Å². The number of H-pyrrole nitrogens is 1. The molecule has 0 saturated carbocycles. The molecule has 1 N–H and O–H groups in total. The lowest BCUT2D eigenvalue weighted by Crippen LogP contribution is -2.20. The van der Waals surface area contributed by atoms with Crippen LogP contribution in [0.25, 0.3) is 10.9 Å². The summed E-state index contributed by atoms with van der Waals surface area (Å²) >= 11 is 0. The summed E-state index contributed by atoms with van der Waals surface area (Å²) in [6, 6.07) is 4.70. The van der Waals surface area contributed by atoms with Crippen LogP contribution in [-0.4, -0.2) is 10.8 Å². The quantitative estimate of drug-likeness (QED) is 0.746. The minimum absolute atomic E-state index is 0.0357. The van der Waals surface area contributed by atoms with Gasteiger partial charge in [0.25, 0.3) is 0 Å². The van der Waals surface area contributed by atoms with Gasteiger partial charge in [0.05, 0.1) is 5.69 Å². The van der Waals surface area contributed by atoms with E-state index in [0.717, 1.165) is 10.9 Å². The molecular formula is C14H16FNO.